The van der Waals surface area contributed by atoms with Gasteiger partial charge in [0.2, 0.25) is 5.91 Å². The highest BCUT2D eigenvalue weighted by Gasteiger charge is 2.32. The van der Waals surface area contributed by atoms with Gasteiger partial charge >= 0.3 is 0 Å². The van der Waals surface area contributed by atoms with E-state index in [1.165, 1.54) is 6.07 Å². The van der Waals surface area contributed by atoms with Crippen molar-refractivity contribution in [1.82, 2.24) is 14.9 Å². The fraction of sp³-hybridized carbons (Fsp3) is 0.235. The summed E-state index contributed by atoms with van der Waals surface area (Å²) in [5, 5.41) is 8.37. The summed E-state index contributed by atoms with van der Waals surface area (Å²) in [5.74, 6) is 0.322. The third-order valence-corrected chi connectivity index (χ3v) is 7.67. The highest BCUT2D eigenvalue weighted by molar-refractivity contribution is 6.04. The smallest absolute Gasteiger partial charge is 0.241 e. The maximum Gasteiger partial charge on any atom is 0.241 e. The van der Waals surface area contributed by atoms with Gasteiger partial charge in [-0.25, -0.2) is 9.37 Å². The lowest BCUT2D eigenvalue weighted by atomic mass is 9.76. The maximum absolute atomic E-state index is 14.2. The van der Waals surface area contributed by atoms with Crippen LogP contribution in [-0.4, -0.2) is 28.0 Å². The molecule has 0 saturated heterocycles. The van der Waals surface area contributed by atoms with Gasteiger partial charge in [-0.1, -0.05) is 60.7 Å². The van der Waals surface area contributed by atoms with E-state index in [1.54, 1.807) is 18.5 Å². The van der Waals surface area contributed by atoms with Crippen LogP contribution in [0.1, 0.15) is 37.1 Å². The molecule has 5 aromatic rings. The molecule has 0 aliphatic carbocycles. The Morgan fingerprint density at radius 2 is 1.83 bits per heavy atom. The number of hydrogen-bond acceptors (Lipinski definition) is 4. The molecule has 0 aliphatic rings. The van der Waals surface area contributed by atoms with Crippen LogP contribution in [0.25, 0.3) is 10.8 Å². The molecule has 0 radical (unpaired) electrons. The Kier molecular flexibility index (Phi) is 8.45. The molecule has 0 spiro atoms. The van der Waals surface area contributed by atoms with E-state index in [9.17, 15) is 9.18 Å². The molecule has 0 bridgehead atoms. The number of imidazole rings is 1. The van der Waals surface area contributed by atoms with E-state index in [-0.39, 0.29) is 11.7 Å². The second kappa shape index (κ2) is 12.4. The van der Waals surface area contributed by atoms with Gasteiger partial charge in [0, 0.05) is 35.4 Å². The first-order valence-electron chi connectivity index (χ1n) is 13.8. The van der Waals surface area contributed by atoms with Crippen molar-refractivity contribution in [2.75, 3.05) is 11.9 Å². The Balaban J connectivity index is 1.25. The summed E-state index contributed by atoms with van der Waals surface area (Å²) < 4.78 is 22.1. The number of nitrogens with zero attached hydrogens (tertiary/aromatic N) is 2. The molecule has 1 heterocycles. The Hall–Kier alpha value is -4.49. The van der Waals surface area contributed by atoms with Gasteiger partial charge in [-0.3, -0.25) is 4.79 Å². The number of hydrogen-bond donors (Lipinski definition) is 2. The SMILES string of the molecule is CC(NCCC(C)(c1cccc(F)c1)c1cncn1C)C(=O)Nc1cccc2ccc(OCc3ccccc3)cc12. The number of ether oxygens (including phenoxy) is 1. The van der Waals surface area contributed by atoms with Crippen LogP contribution in [0.4, 0.5) is 10.1 Å². The molecule has 5 rings (SSSR count). The Morgan fingerprint density at radius 3 is 2.59 bits per heavy atom. The molecule has 210 valence electrons. The Labute approximate surface area is 240 Å². The van der Waals surface area contributed by atoms with Crippen molar-refractivity contribution in [3.63, 3.8) is 0 Å². The van der Waals surface area contributed by atoms with Gasteiger partial charge in [0.1, 0.15) is 18.2 Å². The predicted octanol–water partition coefficient (Wildman–Crippen LogP) is 6.60. The zero-order chi connectivity index (χ0) is 28.8. The Bertz CT molecular complexity index is 1630. The standard InChI is InChI=1S/C34H35FN4O2/c1-24(37-18-17-34(2,32-21-36-23-39(32)3)27-12-8-13-28(35)19-27)33(40)38-31-14-7-11-26-15-16-29(20-30(26)31)41-22-25-9-5-4-6-10-25/h4-16,19-21,23-24,37H,17-18,22H2,1-3H3,(H,38,40). The number of benzene rings is 4. The highest BCUT2D eigenvalue weighted by Crippen LogP contribution is 2.35. The molecular weight excluding hydrogens is 515 g/mol. The molecule has 2 N–H and O–H groups in total. The topological polar surface area (TPSA) is 68.2 Å². The van der Waals surface area contributed by atoms with E-state index < -0.39 is 11.5 Å². The van der Waals surface area contributed by atoms with E-state index in [2.05, 4.69) is 22.5 Å². The molecule has 2 atom stereocenters. The first kappa shape index (κ1) is 28.1. The number of carbonyl (C=O) groups excluding carboxylic acids is 1. The number of fused-ring (bicyclic) bond motifs is 1. The van der Waals surface area contributed by atoms with Crippen LogP contribution in [0.3, 0.4) is 0 Å². The molecular formula is C34H35FN4O2. The molecule has 4 aromatic carbocycles. The van der Waals surface area contributed by atoms with Crippen molar-refractivity contribution in [1.29, 1.82) is 0 Å². The number of aryl methyl sites for hydroxylation is 1. The molecule has 0 aliphatic heterocycles. The first-order chi connectivity index (χ1) is 19.8. The summed E-state index contributed by atoms with van der Waals surface area (Å²) in [7, 11) is 1.94. The van der Waals surface area contributed by atoms with Crippen molar-refractivity contribution in [3.8, 4) is 5.75 Å². The summed E-state index contributed by atoms with van der Waals surface area (Å²) in [6, 6.07) is 28.0. The van der Waals surface area contributed by atoms with Gasteiger partial charge in [0.05, 0.1) is 12.4 Å². The van der Waals surface area contributed by atoms with E-state index in [0.29, 0.717) is 19.6 Å². The molecule has 2 unspecified atom stereocenters. The third-order valence-electron chi connectivity index (χ3n) is 7.67. The van der Waals surface area contributed by atoms with Gasteiger partial charge < -0.3 is 19.9 Å². The van der Waals surface area contributed by atoms with Crippen LogP contribution in [0, 0.1) is 5.82 Å². The molecule has 1 aromatic heterocycles. The fourth-order valence-corrected chi connectivity index (χ4v) is 5.20. The van der Waals surface area contributed by atoms with Gasteiger partial charge in [-0.05, 0) is 73.7 Å². The van der Waals surface area contributed by atoms with Gasteiger partial charge in [-0.15, -0.1) is 0 Å². The average Bonchev–Trinajstić information content (AvgIpc) is 3.43. The summed E-state index contributed by atoms with van der Waals surface area (Å²) >= 11 is 0. The van der Waals surface area contributed by atoms with Crippen LogP contribution < -0.4 is 15.4 Å². The molecule has 7 heteroatoms. The van der Waals surface area contributed by atoms with Gasteiger partial charge in [0.25, 0.3) is 0 Å². The normalized spacial score (nSPS) is 13.5. The second-order valence-corrected chi connectivity index (χ2v) is 10.6. The second-order valence-electron chi connectivity index (χ2n) is 10.6. The number of amides is 1. The fourth-order valence-electron chi connectivity index (χ4n) is 5.20. The van der Waals surface area contributed by atoms with Gasteiger partial charge in [-0.2, -0.15) is 0 Å². The number of halogens is 1. The van der Waals surface area contributed by atoms with Crippen LogP contribution in [0.2, 0.25) is 0 Å². The molecule has 41 heavy (non-hydrogen) atoms. The zero-order valence-corrected chi connectivity index (χ0v) is 23.6. The molecule has 6 nitrogen and oxygen atoms in total. The number of nitrogens with one attached hydrogen (secondary N) is 2. The van der Waals surface area contributed by atoms with Crippen molar-refractivity contribution >= 4 is 22.4 Å². The summed E-state index contributed by atoms with van der Waals surface area (Å²) in [6.45, 7) is 4.94. The van der Waals surface area contributed by atoms with Crippen LogP contribution in [-0.2, 0) is 23.9 Å². The minimum absolute atomic E-state index is 0.138. The lowest BCUT2D eigenvalue weighted by Crippen LogP contribution is -2.41. The largest absolute Gasteiger partial charge is 0.489 e. The van der Waals surface area contributed by atoms with Crippen molar-refractivity contribution in [2.24, 2.45) is 7.05 Å². The minimum Gasteiger partial charge on any atom is -0.489 e. The summed E-state index contributed by atoms with van der Waals surface area (Å²) in [5.41, 5.74) is 3.16. The quantitative estimate of drug-likeness (QED) is 0.194. The van der Waals surface area contributed by atoms with Gasteiger partial charge in [0.15, 0.2) is 0 Å². The van der Waals surface area contributed by atoms with E-state index in [1.807, 2.05) is 97.5 Å². The van der Waals surface area contributed by atoms with Crippen LogP contribution in [0.15, 0.2) is 104 Å². The highest BCUT2D eigenvalue weighted by atomic mass is 19.1. The monoisotopic (exact) mass is 550 g/mol. The van der Waals surface area contributed by atoms with Crippen molar-refractivity contribution in [2.45, 2.75) is 38.3 Å². The van der Waals surface area contributed by atoms with E-state index >= 15 is 0 Å². The maximum atomic E-state index is 14.2. The zero-order valence-electron chi connectivity index (χ0n) is 23.6. The lowest BCUT2D eigenvalue weighted by molar-refractivity contribution is -0.117. The van der Waals surface area contributed by atoms with Crippen molar-refractivity contribution in [3.05, 3.63) is 126 Å². The Morgan fingerprint density at radius 1 is 1.02 bits per heavy atom. The molecule has 0 saturated carbocycles. The number of carbonyl (C=O) groups is 1. The minimum atomic E-state index is -0.498. The first-order valence-corrected chi connectivity index (χ1v) is 13.8. The molecule has 0 fully saturated rings. The lowest BCUT2D eigenvalue weighted by Gasteiger charge is -2.31. The van der Waals surface area contributed by atoms with Crippen LogP contribution >= 0.6 is 0 Å². The predicted molar refractivity (Wildman–Crippen MR) is 161 cm³/mol. The third kappa shape index (κ3) is 6.47. The summed E-state index contributed by atoms with van der Waals surface area (Å²) in [4.78, 5) is 17.5. The van der Waals surface area contributed by atoms with E-state index in [4.69, 9.17) is 4.74 Å². The number of aromatic nitrogens is 2. The summed E-state index contributed by atoms with van der Waals surface area (Å²) in [6.07, 6.45) is 4.21. The number of anilines is 1. The van der Waals surface area contributed by atoms with E-state index in [0.717, 1.165) is 39.0 Å². The molecule has 1 amide bonds. The van der Waals surface area contributed by atoms with Crippen molar-refractivity contribution < 1.29 is 13.9 Å². The number of rotatable bonds is 11. The van der Waals surface area contributed by atoms with Crippen LogP contribution in [0.5, 0.6) is 5.75 Å². The average molecular weight is 551 g/mol.